The van der Waals surface area contributed by atoms with Crippen molar-refractivity contribution in [2.24, 2.45) is 5.92 Å². The molecule has 0 rings (SSSR count). The van der Waals surface area contributed by atoms with E-state index in [9.17, 15) is 14.4 Å². The van der Waals surface area contributed by atoms with Crippen molar-refractivity contribution < 1.29 is 19.1 Å². The molecule has 0 aliphatic rings. The van der Waals surface area contributed by atoms with E-state index < -0.39 is 12.0 Å². The monoisotopic (exact) mass is 468 g/mol. The number of nitrogens with one attached hydrogen (secondary N) is 2. The van der Waals surface area contributed by atoms with Crippen LogP contribution in [0.4, 0.5) is 0 Å². The number of amides is 2. The zero-order valence-corrected chi connectivity index (χ0v) is 21.8. The van der Waals surface area contributed by atoms with Crippen LogP contribution < -0.4 is 10.6 Å². The Morgan fingerprint density at radius 3 is 1.73 bits per heavy atom. The summed E-state index contributed by atoms with van der Waals surface area (Å²) in [4.78, 5) is 34.8. The van der Waals surface area contributed by atoms with Crippen molar-refractivity contribution in [3.8, 4) is 0 Å². The number of ether oxygens (including phenoxy) is 1. The lowest BCUT2D eigenvalue weighted by molar-refractivity contribution is -0.147. The second-order valence-corrected chi connectivity index (χ2v) is 9.69. The van der Waals surface area contributed by atoms with Crippen molar-refractivity contribution in [3.63, 3.8) is 0 Å². The van der Waals surface area contributed by atoms with Gasteiger partial charge < -0.3 is 15.4 Å². The Kier molecular flexibility index (Phi) is 22.4. The van der Waals surface area contributed by atoms with Crippen molar-refractivity contribution in [2.45, 2.75) is 136 Å². The Hall–Kier alpha value is -1.59. The molecule has 33 heavy (non-hydrogen) atoms. The topological polar surface area (TPSA) is 84.5 Å². The minimum absolute atomic E-state index is 0.0663. The fraction of sp³-hybridized carbons (Fsp3) is 0.889. The molecule has 0 aromatic rings. The second kappa shape index (κ2) is 23.6. The SMILES string of the molecule is CCCCCCCCCCCCCCCCCC(=O)NCC(NC=O)C(=O)OCCC(C)C. The summed E-state index contributed by atoms with van der Waals surface area (Å²) in [6.07, 6.45) is 21.1. The largest absolute Gasteiger partial charge is 0.464 e. The van der Waals surface area contributed by atoms with Crippen LogP contribution in [0.3, 0.4) is 0 Å². The van der Waals surface area contributed by atoms with Crippen molar-refractivity contribution in [1.29, 1.82) is 0 Å². The normalized spacial score (nSPS) is 11.9. The summed E-state index contributed by atoms with van der Waals surface area (Å²) in [5.41, 5.74) is 0. The van der Waals surface area contributed by atoms with Crippen LogP contribution in [0.5, 0.6) is 0 Å². The van der Waals surface area contributed by atoms with E-state index in [2.05, 4.69) is 17.6 Å². The van der Waals surface area contributed by atoms with E-state index in [-0.39, 0.29) is 12.5 Å². The van der Waals surface area contributed by atoms with E-state index in [1.54, 1.807) is 0 Å². The molecular weight excluding hydrogens is 416 g/mol. The van der Waals surface area contributed by atoms with Gasteiger partial charge >= 0.3 is 5.97 Å². The molecule has 1 unspecified atom stereocenters. The molecule has 0 bridgehead atoms. The van der Waals surface area contributed by atoms with Crippen molar-refractivity contribution in [2.75, 3.05) is 13.2 Å². The Morgan fingerprint density at radius 2 is 1.27 bits per heavy atom. The maximum atomic E-state index is 12.0. The number of rotatable bonds is 24. The summed E-state index contributed by atoms with van der Waals surface area (Å²) in [5, 5.41) is 5.16. The summed E-state index contributed by atoms with van der Waals surface area (Å²) in [7, 11) is 0. The highest BCUT2D eigenvalue weighted by Crippen LogP contribution is 2.13. The molecule has 0 aliphatic carbocycles. The van der Waals surface area contributed by atoms with Gasteiger partial charge in [-0.15, -0.1) is 0 Å². The average molecular weight is 469 g/mol. The summed E-state index contributed by atoms with van der Waals surface area (Å²) >= 11 is 0. The Labute approximate surface area is 203 Å². The number of hydrogen-bond acceptors (Lipinski definition) is 4. The highest BCUT2D eigenvalue weighted by molar-refractivity contribution is 5.80. The maximum absolute atomic E-state index is 12.0. The Balaban J connectivity index is 3.59. The molecule has 2 N–H and O–H groups in total. The highest BCUT2D eigenvalue weighted by Gasteiger charge is 2.20. The van der Waals surface area contributed by atoms with Gasteiger partial charge in [0.1, 0.15) is 6.04 Å². The first-order valence-electron chi connectivity index (χ1n) is 13.6. The van der Waals surface area contributed by atoms with Gasteiger partial charge in [-0.1, -0.05) is 111 Å². The highest BCUT2D eigenvalue weighted by atomic mass is 16.5. The lowest BCUT2D eigenvalue weighted by atomic mass is 10.0. The number of carbonyl (C=O) groups excluding carboxylic acids is 3. The Morgan fingerprint density at radius 1 is 0.788 bits per heavy atom. The molecule has 0 spiro atoms. The van der Waals surface area contributed by atoms with Gasteiger partial charge in [0.15, 0.2) is 0 Å². The molecule has 0 saturated heterocycles. The lowest BCUT2D eigenvalue weighted by Gasteiger charge is -2.16. The number of hydrogen-bond donors (Lipinski definition) is 2. The van der Waals surface area contributed by atoms with E-state index in [1.165, 1.54) is 83.5 Å². The van der Waals surface area contributed by atoms with Crippen molar-refractivity contribution in [3.05, 3.63) is 0 Å². The fourth-order valence-electron chi connectivity index (χ4n) is 3.75. The average Bonchev–Trinajstić information content (AvgIpc) is 2.78. The predicted molar refractivity (Wildman–Crippen MR) is 136 cm³/mol. The van der Waals surface area contributed by atoms with Gasteiger partial charge in [-0.25, -0.2) is 4.79 Å². The molecule has 0 aromatic carbocycles. The molecule has 0 aromatic heterocycles. The van der Waals surface area contributed by atoms with Gasteiger partial charge in [-0.05, 0) is 18.8 Å². The summed E-state index contributed by atoms with van der Waals surface area (Å²) in [6.45, 7) is 6.75. The molecule has 194 valence electrons. The first-order chi connectivity index (χ1) is 16.0. The number of carbonyl (C=O) groups is 3. The van der Waals surface area contributed by atoms with Crippen molar-refractivity contribution in [1.82, 2.24) is 10.6 Å². The third-order valence-corrected chi connectivity index (χ3v) is 6.00. The zero-order valence-electron chi connectivity index (χ0n) is 21.8. The first-order valence-corrected chi connectivity index (χ1v) is 13.6. The van der Waals surface area contributed by atoms with Gasteiger partial charge in [0.05, 0.1) is 6.61 Å². The van der Waals surface area contributed by atoms with Gasteiger partial charge in [0.25, 0.3) is 0 Å². The molecule has 1 atom stereocenters. The summed E-state index contributed by atoms with van der Waals surface area (Å²) in [6, 6.07) is -0.834. The van der Waals surface area contributed by atoms with Crippen LogP contribution in [0.25, 0.3) is 0 Å². The zero-order chi connectivity index (χ0) is 24.6. The smallest absolute Gasteiger partial charge is 0.330 e. The van der Waals surface area contributed by atoms with Gasteiger partial charge in [0, 0.05) is 13.0 Å². The number of unbranched alkanes of at least 4 members (excludes halogenated alkanes) is 14. The van der Waals surface area contributed by atoms with Crippen LogP contribution >= 0.6 is 0 Å². The predicted octanol–water partition coefficient (Wildman–Crippen LogP) is 6.07. The Bertz CT molecular complexity index is 483. The first kappa shape index (κ1) is 31.4. The van der Waals surface area contributed by atoms with E-state index in [0.29, 0.717) is 25.4 Å². The van der Waals surface area contributed by atoms with Gasteiger partial charge in [-0.2, -0.15) is 0 Å². The molecule has 2 amide bonds. The maximum Gasteiger partial charge on any atom is 0.330 e. The quantitative estimate of drug-likeness (QED) is 0.102. The number of esters is 1. The molecule has 0 radical (unpaired) electrons. The van der Waals surface area contributed by atoms with Gasteiger partial charge in [-0.3, -0.25) is 9.59 Å². The molecule has 0 saturated carbocycles. The van der Waals surface area contributed by atoms with Crippen LogP contribution in [0.1, 0.15) is 130 Å². The molecule has 6 heteroatoms. The summed E-state index contributed by atoms with van der Waals surface area (Å²) < 4.78 is 5.18. The van der Waals surface area contributed by atoms with Crippen LogP contribution in [0.2, 0.25) is 0 Å². The van der Waals surface area contributed by atoms with E-state index >= 15 is 0 Å². The minimum Gasteiger partial charge on any atom is -0.464 e. The van der Waals surface area contributed by atoms with E-state index in [1.807, 2.05) is 13.8 Å². The lowest BCUT2D eigenvalue weighted by Crippen LogP contribution is -2.46. The second-order valence-electron chi connectivity index (χ2n) is 9.69. The molecule has 0 aliphatic heterocycles. The standard InChI is InChI=1S/C27H52N2O4/c1-4-5-6-7-8-9-10-11-12-13-14-15-16-17-18-19-26(31)28-22-25(29-23-30)27(32)33-21-20-24(2)3/h23-25H,4-22H2,1-3H3,(H,28,31)(H,29,30). The van der Waals surface area contributed by atoms with Crippen molar-refractivity contribution >= 4 is 18.3 Å². The third kappa shape index (κ3) is 22.0. The molecular formula is C27H52N2O4. The summed E-state index contributed by atoms with van der Waals surface area (Å²) in [5.74, 6) is -0.155. The molecule has 0 heterocycles. The molecule has 0 fully saturated rings. The van der Waals surface area contributed by atoms with E-state index in [0.717, 1.165) is 19.3 Å². The minimum atomic E-state index is -0.834. The van der Waals surface area contributed by atoms with Crippen LogP contribution in [-0.2, 0) is 19.1 Å². The van der Waals surface area contributed by atoms with Crippen LogP contribution in [-0.4, -0.2) is 37.5 Å². The van der Waals surface area contributed by atoms with E-state index in [4.69, 9.17) is 4.74 Å². The van der Waals surface area contributed by atoms with Crippen LogP contribution in [0, 0.1) is 5.92 Å². The molecule has 6 nitrogen and oxygen atoms in total. The van der Waals surface area contributed by atoms with Crippen LogP contribution in [0.15, 0.2) is 0 Å². The third-order valence-electron chi connectivity index (χ3n) is 6.00. The fourth-order valence-corrected chi connectivity index (χ4v) is 3.75. The van der Waals surface area contributed by atoms with Gasteiger partial charge in [0.2, 0.25) is 12.3 Å².